The monoisotopic (exact) mass is 302 g/mol. The van der Waals surface area contributed by atoms with Gasteiger partial charge in [0.25, 0.3) is 5.91 Å². The van der Waals surface area contributed by atoms with Gasteiger partial charge in [-0.2, -0.15) is 0 Å². The Morgan fingerprint density at radius 1 is 1.10 bits per heavy atom. The van der Waals surface area contributed by atoms with E-state index in [2.05, 4.69) is 10.6 Å². The lowest BCUT2D eigenvalue weighted by Crippen LogP contribution is -2.15. The minimum absolute atomic E-state index is 0.170. The van der Waals surface area contributed by atoms with Crippen LogP contribution in [0, 0.1) is 13.8 Å². The van der Waals surface area contributed by atoms with Gasteiger partial charge in [0.2, 0.25) is 0 Å². The second-order valence-electron chi connectivity index (χ2n) is 4.97. The first-order valence-electron chi connectivity index (χ1n) is 6.93. The third-order valence-corrected chi connectivity index (χ3v) is 3.59. The van der Waals surface area contributed by atoms with Crippen molar-refractivity contribution in [1.82, 2.24) is 0 Å². The topological polar surface area (TPSA) is 41.1 Å². The van der Waals surface area contributed by atoms with Crippen molar-refractivity contribution in [3.63, 3.8) is 0 Å². The summed E-state index contributed by atoms with van der Waals surface area (Å²) in [6, 6.07) is 11.1. The van der Waals surface area contributed by atoms with E-state index in [1.165, 1.54) is 5.56 Å². The highest BCUT2D eigenvalue weighted by Gasteiger charge is 2.12. The molecule has 0 aromatic heterocycles. The number of nitrogens with one attached hydrogen (secondary N) is 2. The Morgan fingerprint density at radius 3 is 2.52 bits per heavy atom. The van der Waals surface area contributed by atoms with Gasteiger partial charge in [-0.1, -0.05) is 17.7 Å². The molecule has 2 N–H and O–H groups in total. The zero-order valence-corrected chi connectivity index (χ0v) is 13.2. The van der Waals surface area contributed by atoms with Gasteiger partial charge in [0.1, 0.15) is 0 Å². The van der Waals surface area contributed by atoms with Crippen LogP contribution in [-0.2, 0) is 0 Å². The maximum absolute atomic E-state index is 12.4. The smallest absolute Gasteiger partial charge is 0.257 e. The number of rotatable bonds is 4. The Labute approximate surface area is 130 Å². The Kier molecular flexibility index (Phi) is 4.86. The summed E-state index contributed by atoms with van der Waals surface area (Å²) in [5.74, 6) is -0.170. The van der Waals surface area contributed by atoms with Crippen molar-refractivity contribution in [2.24, 2.45) is 0 Å². The van der Waals surface area contributed by atoms with Crippen LogP contribution in [-0.4, -0.2) is 12.5 Å². The molecule has 0 heterocycles. The number of benzene rings is 2. The van der Waals surface area contributed by atoms with Gasteiger partial charge in [-0.25, -0.2) is 0 Å². The van der Waals surface area contributed by atoms with E-state index < -0.39 is 0 Å². The van der Waals surface area contributed by atoms with E-state index in [1.807, 2.05) is 45.0 Å². The fraction of sp³-hybridized carbons (Fsp3) is 0.235. The molecule has 2 aromatic rings. The first-order chi connectivity index (χ1) is 10.0. The van der Waals surface area contributed by atoms with Crippen LogP contribution < -0.4 is 10.6 Å². The molecule has 0 fully saturated rings. The number of halogens is 1. The SMILES string of the molecule is CCNc1ccc(Cl)cc1C(=O)Nc1ccc(C)c(C)c1. The summed E-state index contributed by atoms with van der Waals surface area (Å²) in [5.41, 5.74) is 4.45. The Bertz CT molecular complexity index is 668. The Balaban J connectivity index is 2.27. The molecule has 0 saturated heterocycles. The standard InChI is InChI=1S/C17H19ClN2O/c1-4-19-16-8-6-13(18)10-15(16)17(21)20-14-7-5-11(2)12(3)9-14/h5-10,19H,4H2,1-3H3,(H,20,21). The van der Waals surface area contributed by atoms with E-state index in [0.29, 0.717) is 10.6 Å². The molecule has 0 bridgehead atoms. The highest BCUT2D eigenvalue weighted by atomic mass is 35.5. The molecule has 3 nitrogen and oxygen atoms in total. The maximum Gasteiger partial charge on any atom is 0.257 e. The normalized spacial score (nSPS) is 10.3. The van der Waals surface area contributed by atoms with Crippen LogP contribution in [0.2, 0.25) is 5.02 Å². The van der Waals surface area contributed by atoms with Crippen molar-refractivity contribution in [1.29, 1.82) is 0 Å². The van der Waals surface area contributed by atoms with Crippen molar-refractivity contribution in [3.8, 4) is 0 Å². The molecule has 4 heteroatoms. The quantitative estimate of drug-likeness (QED) is 0.863. The summed E-state index contributed by atoms with van der Waals surface area (Å²) >= 11 is 6.00. The number of hydrogen-bond donors (Lipinski definition) is 2. The molecule has 2 rings (SSSR count). The molecule has 2 aromatic carbocycles. The van der Waals surface area contributed by atoms with Crippen molar-refractivity contribution >= 4 is 28.9 Å². The number of amides is 1. The summed E-state index contributed by atoms with van der Waals surface area (Å²) < 4.78 is 0. The molecule has 0 atom stereocenters. The van der Waals surface area contributed by atoms with Gasteiger partial charge in [-0.05, 0) is 62.2 Å². The third kappa shape index (κ3) is 3.76. The molecule has 0 unspecified atom stereocenters. The fourth-order valence-corrected chi connectivity index (χ4v) is 2.24. The van der Waals surface area contributed by atoms with Gasteiger partial charge < -0.3 is 10.6 Å². The average Bonchev–Trinajstić information content (AvgIpc) is 2.45. The number of anilines is 2. The van der Waals surface area contributed by atoms with Crippen LogP contribution in [0.5, 0.6) is 0 Å². The highest BCUT2D eigenvalue weighted by Crippen LogP contribution is 2.22. The summed E-state index contributed by atoms with van der Waals surface area (Å²) in [7, 11) is 0. The lowest BCUT2D eigenvalue weighted by atomic mass is 10.1. The van der Waals surface area contributed by atoms with Gasteiger partial charge in [0.15, 0.2) is 0 Å². The number of hydrogen-bond acceptors (Lipinski definition) is 2. The van der Waals surface area contributed by atoms with E-state index >= 15 is 0 Å². The predicted molar refractivity (Wildman–Crippen MR) is 89.5 cm³/mol. The van der Waals surface area contributed by atoms with E-state index in [0.717, 1.165) is 23.5 Å². The van der Waals surface area contributed by atoms with Crippen molar-refractivity contribution in [2.75, 3.05) is 17.2 Å². The van der Waals surface area contributed by atoms with Gasteiger partial charge in [0.05, 0.1) is 5.56 Å². The highest BCUT2D eigenvalue weighted by molar-refractivity contribution is 6.31. The number of aryl methyl sites for hydroxylation is 2. The first kappa shape index (κ1) is 15.4. The third-order valence-electron chi connectivity index (χ3n) is 3.36. The van der Waals surface area contributed by atoms with Crippen LogP contribution in [0.15, 0.2) is 36.4 Å². The summed E-state index contributed by atoms with van der Waals surface area (Å²) in [5, 5.41) is 6.63. The zero-order valence-electron chi connectivity index (χ0n) is 12.5. The van der Waals surface area contributed by atoms with Crippen LogP contribution in [0.3, 0.4) is 0 Å². The van der Waals surface area contributed by atoms with Gasteiger partial charge in [-0.3, -0.25) is 4.79 Å². The van der Waals surface area contributed by atoms with E-state index in [1.54, 1.807) is 12.1 Å². The molecule has 0 radical (unpaired) electrons. The van der Waals surface area contributed by atoms with Crippen molar-refractivity contribution in [2.45, 2.75) is 20.8 Å². The van der Waals surface area contributed by atoms with Crippen LogP contribution in [0.25, 0.3) is 0 Å². The molecular weight excluding hydrogens is 284 g/mol. The molecule has 0 aliphatic carbocycles. The van der Waals surface area contributed by atoms with Gasteiger partial charge >= 0.3 is 0 Å². The fourth-order valence-electron chi connectivity index (χ4n) is 2.07. The summed E-state index contributed by atoms with van der Waals surface area (Å²) in [6.07, 6.45) is 0. The average molecular weight is 303 g/mol. The Morgan fingerprint density at radius 2 is 1.86 bits per heavy atom. The van der Waals surface area contributed by atoms with Crippen molar-refractivity contribution in [3.05, 3.63) is 58.1 Å². The summed E-state index contributed by atoms with van der Waals surface area (Å²) in [4.78, 5) is 12.4. The van der Waals surface area contributed by atoms with E-state index in [9.17, 15) is 4.79 Å². The van der Waals surface area contributed by atoms with Crippen LogP contribution >= 0.6 is 11.6 Å². The molecule has 0 aliphatic rings. The maximum atomic E-state index is 12.4. The molecular formula is C17H19ClN2O. The van der Waals surface area contributed by atoms with E-state index in [4.69, 9.17) is 11.6 Å². The minimum atomic E-state index is -0.170. The molecule has 0 saturated carbocycles. The van der Waals surface area contributed by atoms with Crippen molar-refractivity contribution < 1.29 is 4.79 Å². The molecule has 0 spiro atoms. The lowest BCUT2D eigenvalue weighted by molar-refractivity contribution is 0.102. The van der Waals surface area contributed by atoms with Crippen LogP contribution in [0.1, 0.15) is 28.4 Å². The molecule has 21 heavy (non-hydrogen) atoms. The summed E-state index contributed by atoms with van der Waals surface area (Å²) in [6.45, 7) is 6.79. The minimum Gasteiger partial charge on any atom is -0.385 e. The number of carbonyl (C=O) groups is 1. The lowest BCUT2D eigenvalue weighted by Gasteiger charge is -2.12. The van der Waals surface area contributed by atoms with Gasteiger partial charge in [0, 0.05) is 22.9 Å². The second-order valence-corrected chi connectivity index (χ2v) is 5.41. The predicted octanol–water partition coefficient (Wildman–Crippen LogP) is 4.64. The Hall–Kier alpha value is -2.00. The molecule has 1 amide bonds. The molecule has 110 valence electrons. The second kappa shape index (κ2) is 6.64. The first-order valence-corrected chi connectivity index (χ1v) is 7.31. The largest absolute Gasteiger partial charge is 0.385 e. The zero-order chi connectivity index (χ0) is 15.4. The van der Waals surface area contributed by atoms with E-state index in [-0.39, 0.29) is 5.91 Å². The molecule has 0 aliphatic heterocycles. The number of carbonyl (C=O) groups excluding carboxylic acids is 1. The van der Waals surface area contributed by atoms with Crippen LogP contribution in [0.4, 0.5) is 11.4 Å². The van der Waals surface area contributed by atoms with Gasteiger partial charge in [-0.15, -0.1) is 0 Å².